The van der Waals surface area contributed by atoms with Crippen molar-refractivity contribution in [1.29, 1.82) is 0 Å². The molecule has 0 N–H and O–H groups in total. The third-order valence-electron chi connectivity index (χ3n) is 0.948. The molecule has 0 aromatic rings. The van der Waals surface area contributed by atoms with Crippen LogP contribution in [-0.4, -0.2) is 0 Å². The minimum absolute atomic E-state index is 1.04. The number of allylic oxidation sites excluding steroid dienone is 6. The molecule has 0 saturated carbocycles. The highest BCUT2D eigenvalue weighted by molar-refractivity contribution is 5.03. The van der Waals surface area contributed by atoms with Gasteiger partial charge >= 0.3 is 0 Å². The van der Waals surface area contributed by atoms with E-state index in [1.165, 1.54) is 0 Å². The van der Waals surface area contributed by atoms with Gasteiger partial charge in [0, 0.05) is 0 Å². The Balaban J connectivity index is 3.25. The molecule has 0 bridgehead atoms. The molecule has 0 heterocycles. The molecule has 50 valence electrons. The van der Waals surface area contributed by atoms with E-state index in [9.17, 15) is 0 Å². The minimum atomic E-state index is 1.04. The molecular weight excluding hydrogens is 108 g/mol. The Morgan fingerprint density at radius 2 is 1.67 bits per heavy atom. The van der Waals surface area contributed by atoms with E-state index in [0.717, 1.165) is 6.42 Å². The van der Waals surface area contributed by atoms with Gasteiger partial charge in [0.25, 0.3) is 0 Å². The lowest BCUT2D eigenvalue weighted by Gasteiger charge is -1.75. The smallest absolute Gasteiger partial charge is 0.0166 e. The van der Waals surface area contributed by atoms with Crippen LogP contribution >= 0.6 is 0 Å². The maximum absolute atomic E-state index is 2.12. The molecule has 9 heavy (non-hydrogen) atoms. The number of hydrogen-bond acceptors (Lipinski definition) is 0. The minimum Gasteiger partial charge on any atom is -0.0914 e. The predicted octanol–water partition coefficient (Wildman–Crippen LogP) is 3.08. The van der Waals surface area contributed by atoms with Gasteiger partial charge in [-0.05, 0) is 20.3 Å². The van der Waals surface area contributed by atoms with Crippen molar-refractivity contribution in [1.82, 2.24) is 0 Å². The lowest BCUT2D eigenvalue weighted by Crippen LogP contribution is -1.54. The molecule has 0 atom stereocenters. The summed E-state index contributed by atoms with van der Waals surface area (Å²) in [7, 11) is 0. The Labute approximate surface area is 57.6 Å². The molecule has 0 aliphatic carbocycles. The van der Waals surface area contributed by atoms with E-state index in [1.807, 2.05) is 26.0 Å². The lowest BCUT2D eigenvalue weighted by molar-refractivity contribution is 1.38. The van der Waals surface area contributed by atoms with Gasteiger partial charge in [-0.15, -0.1) is 0 Å². The fourth-order valence-electron chi connectivity index (χ4n) is 0.483. The summed E-state index contributed by atoms with van der Waals surface area (Å²) in [6, 6.07) is 0. The van der Waals surface area contributed by atoms with Crippen molar-refractivity contribution in [3.63, 3.8) is 0 Å². The van der Waals surface area contributed by atoms with Gasteiger partial charge in [-0.2, -0.15) is 0 Å². The van der Waals surface area contributed by atoms with Crippen LogP contribution in [0.1, 0.15) is 20.3 Å². The molecule has 0 aromatic heterocycles. The highest BCUT2D eigenvalue weighted by Crippen LogP contribution is 1.85. The van der Waals surface area contributed by atoms with Crippen LogP contribution in [0.25, 0.3) is 0 Å². The first kappa shape index (κ1) is 8.22. The van der Waals surface area contributed by atoms with Crippen molar-refractivity contribution in [3.8, 4) is 0 Å². The largest absolute Gasteiger partial charge is 0.0914 e. The van der Waals surface area contributed by atoms with E-state index < -0.39 is 0 Å². The van der Waals surface area contributed by atoms with Crippen molar-refractivity contribution in [3.05, 3.63) is 36.5 Å². The molecule has 0 aliphatic heterocycles. The van der Waals surface area contributed by atoms with Crippen LogP contribution < -0.4 is 0 Å². The van der Waals surface area contributed by atoms with Crippen LogP contribution in [0, 0.1) is 0 Å². The Bertz CT molecular complexity index is 116. The van der Waals surface area contributed by atoms with Crippen molar-refractivity contribution < 1.29 is 0 Å². The molecule has 0 aliphatic rings. The topological polar surface area (TPSA) is 0 Å². The Morgan fingerprint density at radius 1 is 0.889 bits per heavy atom. The Kier molecular flexibility index (Phi) is 6.59. The zero-order valence-corrected chi connectivity index (χ0v) is 6.17. The molecule has 0 nitrogen and oxygen atoms in total. The first-order chi connectivity index (χ1) is 4.41. The van der Waals surface area contributed by atoms with E-state index in [0.29, 0.717) is 0 Å². The summed E-state index contributed by atoms with van der Waals surface area (Å²) in [6.07, 6.45) is 13.5. The van der Waals surface area contributed by atoms with Crippen LogP contribution in [0.15, 0.2) is 36.5 Å². The maximum Gasteiger partial charge on any atom is -0.0166 e. The van der Waals surface area contributed by atoms with Gasteiger partial charge in [0.05, 0.1) is 0 Å². The molecule has 0 radical (unpaired) electrons. The molecule has 0 rings (SSSR count). The van der Waals surface area contributed by atoms with Crippen LogP contribution in [0.2, 0.25) is 0 Å². The first-order valence-corrected chi connectivity index (χ1v) is 3.30. The summed E-state index contributed by atoms with van der Waals surface area (Å²) in [4.78, 5) is 0. The third-order valence-corrected chi connectivity index (χ3v) is 0.948. The SMILES string of the molecule is C/C=C/C=C/C/C=C/C. The van der Waals surface area contributed by atoms with Crippen LogP contribution in [0.3, 0.4) is 0 Å². The fraction of sp³-hybridized carbons (Fsp3) is 0.333. The second-order valence-electron chi connectivity index (χ2n) is 1.76. The first-order valence-electron chi connectivity index (χ1n) is 3.30. The van der Waals surface area contributed by atoms with Crippen molar-refractivity contribution >= 4 is 0 Å². The van der Waals surface area contributed by atoms with Crippen LogP contribution in [-0.2, 0) is 0 Å². The van der Waals surface area contributed by atoms with Crippen molar-refractivity contribution in [2.24, 2.45) is 0 Å². The van der Waals surface area contributed by atoms with E-state index in [4.69, 9.17) is 0 Å². The highest BCUT2D eigenvalue weighted by atomic mass is 13.7. The standard InChI is InChI=1S/C9H14/c1-3-5-7-9-8-6-4-2/h3-7,9H,8H2,1-2H3/b5-3+,6-4+,9-7+. The van der Waals surface area contributed by atoms with Gasteiger partial charge in [0.1, 0.15) is 0 Å². The summed E-state index contributed by atoms with van der Waals surface area (Å²) in [5.74, 6) is 0. The molecule has 0 saturated heterocycles. The van der Waals surface area contributed by atoms with E-state index in [-0.39, 0.29) is 0 Å². The molecule has 0 unspecified atom stereocenters. The Hall–Kier alpha value is -0.780. The van der Waals surface area contributed by atoms with Gasteiger partial charge in [-0.1, -0.05) is 36.5 Å². The van der Waals surface area contributed by atoms with E-state index in [2.05, 4.69) is 24.3 Å². The molecule has 0 aromatic carbocycles. The summed E-state index contributed by atoms with van der Waals surface area (Å²) in [5.41, 5.74) is 0. The summed E-state index contributed by atoms with van der Waals surface area (Å²) < 4.78 is 0. The lowest BCUT2D eigenvalue weighted by atomic mass is 10.3. The molecule has 0 heteroatoms. The average molecular weight is 122 g/mol. The van der Waals surface area contributed by atoms with Gasteiger partial charge in [-0.3, -0.25) is 0 Å². The van der Waals surface area contributed by atoms with E-state index >= 15 is 0 Å². The predicted molar refractivity (Wildman–Crippen MR) is 43.4 cm³/mol. The fourth-order valence-corrected chi connectivity index (χ4v) is 0.483. The number of hydrogen-bond donors (Lipinski definition) is 0. The summed E-state index contributed by atoms with van der Waals surface area (Å²) in [6.45, 7) is 4.05. The highest BCUT2D eigenvalue weighted by Gasteiger charge is 1.64. The third kappa shape index (κ3) is 7.22. The van der Waals surface area contributed by atoms with Gasteiger partial charge in [-0.25, -0.2) is 0 Å². The summed E-state index contributed by atoms with van der Waals surface area (Å²) >= 11 is 0. The van der Waals surface area contributed by atoms with Crippen LogP contribution in [0.5, 0.6) is 0 Å². The zero-order chi connectivity index (χ0) is 6.95. The maximum atomic E-state index is 2.12. The second-order valence-corrected chi connectivity index (χ2v) is 1.76. The van der Waals surface area contributed by atoms with Gasteiger partial charge in [0.15, 0.2) is 0 Å². The van der Waals surface area contributed by atoms with Gasteiger partial charge in [0.2, 0.25) is 0 Å². The average Bonchev–Trinajstić information content (AvgIpc) is 1.89. The van der Waals surface area contributed by atoms with Gasteiger partial charge < -0.3 is 0 Å². The van der Waals surface area contributed by atoms with Crippen molar-refractivity contribution in [2.45, 2.75) is 20.3 Å². The number of rotatable bonds is 3. The quantitative estimate of drug-likeness (QED) is 0.398. The molecule has 0 spiro atoms. The molecule has 0 amide bonds. The van der Waals surface area contributed by atoms with E-state index in [1.54, 1.807) is 0 Å². The zero-order valence-electron chi connectivity index (χ0n) is 6.17. The summed E-state index contributed by atoms with van der Waals surface area (Å²) in [5, 5.41) is 0. The van der Waals surface area contributed by atoms with Crippen LogP contribution in [0.4, 0.5) is 0 Å². The Morgan fingerprint density at radius 3 is 2.22 bits per heavy atom. The van der Waals surface area contributed by atoms with Crippen molar-refractivity contribution in [2.75, 3.05) is 0 Å². The molecular formula is C9H14. The molecule has 0 fully saturated rings. The normalized spacial score (nSPS) is 12.7. The second kappa shape index (κ2) is 7.22. The monoisotopic (exact) mass is 122 g/mol.